The van der Waals surface area contributed by atoms with Crippen LogP contribution in [0.15, 0.2) is 17.8 Å². The SMILES string of the molecule is COC(=O)c1cncc(Nc2nc(C3CC3)cs2)n1. The molecule has 3 rings (SSSR count). The Morgan fingerprint density at radius 1 is 1.42 bits per heavy atom. The van der Waals surface area contributed by atoms with Gasteiger partial charge in [-0.05, 0) is 12.8 Å². The van der Waals surface area contributed by atoms with Gasteiger partial charge in [-0.3, -0.25) is 4.98 Å². The van der Waals surface area contributed by atoms with Crippen LogP contribution >= 0.6 is 11.3 Å². The smallest absolute Gasteiger partial charge is 0.358 e. The van der Waals surface area contributed by atoms with Crippen molar-refractivity contribution >= 4 is 28.3 Å². The predicted molar refractivity (Wildman–Crippen MR) is 70.7 cm³/mol. The molecule has 1 fully saturated rings. The number of rotatable bonds is 4. The summed E-state index contributed by atoms with van der Waals surface area (Å²) < 4.78 is 4.60. The molecule has 0 aliphatic heterocycles. The monoisotopic (exact) mass is 276 g/mol. The quantitative estimate of drug-likeness (QED) is 0.864. The molecule has 6 nitrogen and oxygen atoms in total. The molecule has 2 aromatic rings. The fourth-order valence-electron chi connectivity index (χ4n) is 1.65. The Morgan fingerprint density at radius 2 is 2.26 bits per heavy atom. The maximum atomic E-state index is 11.4. The van der Waals surface area contributed by atoms with Crippen molar-refractivity contribution in [1.29, 1.82) is 0 Å². The standard InChI is InChI=1S/C12H12N4O2S/c1-18-11(17)8-4-13-5-10(14-8)16-12-15-9(6-19-12)7-2-3-7/h4-7H,2-3H2,1H3,(H,14,15,16). The molecule has 19 heavy (non-hydrogen) atoms. The lowest BCUT2D eigenvalue weighted by atomic mass is 10.3. The number of methoxy groups -OCH3 is 1. The predicted octanol–water partition coefficient (Wildman–Crippen LogP) is 2.34. The topological polar surface area (TPSA) is 77.0 Å². The van der Waals surface area contributed by atoms with Crippen LogP contribution in [-0.2, 0) is 4.74 Å². The van der Waals surface area contributed by atoms with Gasteiger partial charge in [-0.1, -0.05) is 0 Å². The molecule has 1 aliphatic rings. The molecule has 2 aromatic heterocycles. The summed E-state index contributed by atoms with van der Waals surface area (Å²) in [6, 6.07) is 0. The van der Waals surface area contributed by atoms with Gasteiger partial charge in [-0.2, -0.15) is 0 Å². The number of carbonyl (C=O) groups excluding carboxylic acids is 1. The molecule has 0 radical (unpaired) electrons. The average Bonchev–Trinajstić information content (AvgIpc) is 3.19. The van der Waals surface area contributed by atoms with Crippen molar-refractivity contribution < 1.29 is 9.53 Å². The highest BCUT2D eigenvalue weighted by molar-refractivity contribution is 7.13. The fourth-order valence-corrected chi connectivity index (χ4v) is 2.45. The first-order valence-corrected chi connectivity index (χ1v) is 6.77. The Hall–Kier alpha value is -2.02. The number of hydrogen-bond acceptors (Lipinski definition) is 7. The molecule has 1 saturated carbocycles. The molecule has 0 amide bonds. The highest BCUT2D eigenvalue weighted by Gasteiger charge is 2.26. The lowest BCUT2D eigenvalue weighted by Crippen LogP contribution is -2.06. The molecule has 0 bridgehead atoms. The zero-order valence-corrected chi connectivity index (χ0v) is 11.1. The second kappa shape index (κ2) is 4.93. The zero-order valence-electron chi connectivity index (χ0n) is 10.3. The number of carbonyl (C=O) groups is 1. The van der Waals surface area contributed by atoms with Gasteiger partial charge in [-0.15, -0.1) is 11.3 Å². The van der Waals surface area contributed by atoms with Crippen LogP contribution in [0.1, 0.15) is 34.9 Å². The van der Waals surface area contributed by atoms with Gasteiger partial charge in [0.1, 0.15) is 0 Å². The van der Waals surface area contributed by atoms with Crippen LogP contribution in [0.25, 0.3) is 0 Å². The minimum absolute atomic E-state index is 0.173. The third kappa shape index (κ3) is 2.70. The third-order valence-corrected chi connectivity index (χ3v) is 3.56. The van der Waals surface area contributed by atoms with Crippen molar-refractivity contribution in [3.63, 3.8) is 0 Å². The molecule has 0 spiro atoms. The number of ether oxygens (including phenoxy) is 1. The molecule has 1 N–H and O–H groups in total. The molecular formula is C12H12N4O2S. The van der Waals surface area contributed by atoms with Crippen LogP contribution in [0, 0.1) is 0 Å². The van der Waals surface area contributed by atoms with Crippen molar-refractivity contribution in [1.82, 2.24) is 15.0 Å². The maximum absolute atomic E-state index is 11.4. The molecule has 0 aromatic carbocycles. The van der Waals surface area contributed by atoms with Crippen LogP contribution in [-0.4, -0.2) is 28.0 Å². The van der Waals surface area contributed by atoms with Crippen molar-refractivity contribution in [2.45, 2.75) is 18.8 Å². The van der Waals surface area contributed by atoms with E-state index in [1.165, 1.54) is 37.5 Å². The second-order valence-electron chi connectivity index (χ2n) is 4.26. The molecule has 1 aliphatic carbocycles. The van der Waals surface area contributed by atoms with Gasteiger partial charge in [-0.25, -0.2) is 14.8 Å². The lowest BCUT2D eigenvalue weighted by Gasteiger charge is -2.02. The van der Waals surface area contributed by atoms with E-state index in [2.05, 4.69) is 30.4 Å². The highest BCUT2D eigenvalue weighted by Crippen LogP contribution is 2.41. The summed E-state index contributed by atoms with van der Waals surface area (Å²) in [5, 5.41) is 5.87. The van der Waals surface area contributed by atoms with Gasteiger partial charge in [0.15, 0.2) is 16.6 Å². The molecule has 0 unspecified atom stereocenters. The van der Waals surface area contributed by atoms with Crippen molar-refractivity contribution in [3.8, 4) is 0 Å². The van der Waals surface area contributed by atoms with E-state index in [0.717, 1.165) is 10.8 Å². The maximum Gasteiger partial charge on any atom is 0.358 e. The van der Waals surface area contributed by atoms with E-state index in [9.17, 15) is 4.79 Å². The van der Waals surface area contributed by atoms with Crippen LogP contribution in [0.5, 0.6) is 0 Å². The molecule has 98 valence electrons. The first kappa shape index (κ1) is 12.0. The molecule has 0 atom stereocenters. The van der Waals surface area contributed by atoms with Crippen LogP contribution in [0.2, 0.25) is 0 Å². The number of thiazole rings is 1. The minimum Gasteiger partial charge on any atom is -0.464 e. The second-order valence-corrected chi connectivity index (χ2v) is 5.12. The first-order valence-electron chi connectivity index (χ1n) is 5.89. The van der Waals surface area contributed by atoms with Gasteiger partial charge in [0.05, 0.1) is 25.2 Å². The molecule has 2 heterocycles. The number of esters is 1. The van der Waals surface area contributed by atoms with Crippen LogP contribution < -0.4 is 5.32 Å². The van der Waals surface area contributed by atoms with Gasteiger partial charge >= 0.3 is 5.97 Å². The number of hydrogen-bond donors (Lipinski definition) is 1. The Bertz CT molecular complexity index is 609. The number of nitrogens with zero attached hydrogens (tertiary/aromatic N) is 3. The third-order valence-electron chi connectivity index (χ3n) is 2.78. The van der Waals surface area contributed by atoms with E-state index in [1.54, 1.807) is 6.20 Å². The van der Waals surface area contributed by atoms with E-state index in [0.29, 0.717) is 11.7 Å². The summed E-state index contributed by atoms with van der Waals surface area (Å²) in [6.45, 7) is 0. The van der Waals surface area contributed by atoms with E-state index in [-0.39, 0.29) is 5.69 Å². The first-order chi connectivity index (χ1) is 9.26. The van der Waals surface area contributed by atoms with E-state index in [1.807, 2.05) is 0 Å². The van der Waals surface area contributed by atoms with Gasteiger partial charge in [0, 0.05) is 11.3 Å². The van der Waals surface area contributed by atoms with Crippen LogP contribution in [0.3, 0.4) is 0 Å². The minimum atomic E-state index is -0.506. The van der Waals surface area contributed by atoms with Crippen molar-refractivity contribution in [2.75, 3.05) is 12.4 Å². The summed E-state index contributed by atoms with van der Waals surface area (Å²) in [7, 11) is 1.31. The Balaban J connectivity index is 1.76. The molecular weight excluding hydrogens is 264 g/mol. The normalized spacial score (nSPS) is 14.2. The summed E-state index contributed by atoms with van der Waals surface area (Å²) in [5.41, 5.74) is 1.30. The van der Waals surface area contributed by atoms with Crippen LogP contribution in [0.4, 0.5) is 10.9 Å². The molecule has 7 heteroatoms. The number of aromatic nitrogens is 3. The Labute approximate surface area is 113 Å². The summed E-state index contributed by atoms with van der Waals surface area (Å²) >= 11 is 1.53. The molecule has 0 saturated heterocycles. The lowest BCUT2D eigenvalue weighted by molar-refractivity contribution is 0.0593. The average molecular weight is 276 g/mol. The largest absolute Gasteiger partial charge is 0.464 e. The van der Waals surface area contributed by atoms with Gasteiger partial charge in [0.25, 0.3) is 0 Å². The Kier molecular flexibility index (Phi) is 3.12. The number of nitrogens with one attached hydrogen (secondary N) is 1. The zero-order chi connectivity index (χ0) is 13.2. The summed E-state index contributed by atoms with van der Waals surface area (Å²) in [4.78, 5) is 23.9. The fraction of sp³-hybridized carbons (Fsp3) is 0.333. The Morgan fingerprint density at radius 3 is 3.00 bits per heavy atom. The van der Waals surface area contributed by atoms with Gasteiger partial charge in [0.2, 0.25) is 0 Å². The number of anilines is 2. The van der Waals surface area contributed by atoms with E-state index < -0.39 is 5.97 Å². The highest BCUT2D eigenvalue weighted by atomic mass is 32.1. The van der Waals surface area contributed by atoms with Crippen molar-refractivity contribution in [2.24, 2.45) is 0 Å². The van der Waals surface area contributed by atoms with E-state index >= 15 is 0 Å². The summed E-state index contributed by atoms with van der Waals surface area (Å²) in [5.74, 6) is 0.604. The van der Waals surface area contributed by atoms with Crippen molar-refractivity contribution in [3.05, 3.63) is 29.2 Å². The van der Waals surface area contributed by atoms with E-state index in [4.69, 9.17) is 0 Å². The van der Waals surface area contributed by atoms with Gasteiger partial charge < -0.3 is 10.1 Å². The summed E-state index contributed by atoms with van der Waals surface area (Å²) in [6.07, 6.45) is 5.36.